The van der Waals surface area contributed by atoms with Crippen molar-refractivity contribution in [1.29, 1.82) is 0 Å². The second-order valence-corrected chi connectivity index (χ2v) is 9.18. The van der Waals surface area contributed by atoms with E-state index in [1.807, 2.05) is 37.3 Å². The molecule has 0 N–H and O–H groups in total. The molecule has 156 valence electrons. The highest BCUT2D eigenvalue weighted by molar-refractivity contribution is 9.11. The summed E-state index contributed by atoms with van der Waals surface area (Å²) in [4.78, 5) is 12.5. The van der Waals surface area contributed by atoms with Gasteiger partial charge in [0.05, 0.1) is 27.3 Å². The number of halogens is 3. The summed E-state index contributed by atoms with van der Waals surface area (Å²) in [6, 6.07) is 9.54. The van der Waals surface area contributed by atoms with Crippen LogP contribution in [0.4, 0.5) is 0 Å². The highest BCUT2D eigenvalue weighted by Gasteiger charge is 2.12. The fraction of sp³-hybridized carbons (Fsp3) is 0.182. The number of carbonyl (C=O) groups excluding carboxylic acids is 1. The van der Waals surface area contributed by atoms with Crippen molar-refractivity contribution >= 4 is 59.6 Å². The molecule has 0 aliphatic carbocycles. The quantitative estimate of drug-likeness (QED) is 0.230. The largest absolute Gasteiger partial charge is 0.496 e. The molecule has 0 saturated heterocycles. The summed E-state index contributed by atoms with van der Waals surface area (Å²) in [5.41, 5.74) is 3.04. The van der Waals surface area contributed by atoms with Gasteiger partial charge in [-0.25, -0.2) is 0 Å². The Kier molecular flexibility index (Phi) is 7.55. The molecule has 0 fully saturated rings. The molecule has 0 atom stereocenters. The lowest BCUT2D eigenvalue weighted by atomic mass is 10.1. The lowest BCUT2D eigenvalue weighted by molar-refractivity contribution is 0.104. The average Bonchev–Trinajstić information content (AvgIpc) is 3.03. The minimum Gasteiger partial charge on any atom is -0.496 e. The predicted octanol–water partition coefficient (Wildman–Crippen LogP) is 6.50. The molecule has 0 radical (unpaired) electrons. The van der Waals surface area contributed by atoms with Gasteiger partial charge in [-0.2, -0.15) is 5.10 Å². The van der Waals surface area contributed by atoms with E-state index in [0.717, 1.165) is 24.5 Å². The van der Waals surface area contributed by atoms with Crippen molar-refractivity contribution in [3.63, 3.8) is 0 Å². The van der Waals surface area contributed by atoms with Crippen molar-refractivity contribution in [3.05, 3.63) is 78.4 Å². The van der Waals surface area contributed by atoms with Crippen LogP contribution in [-0.4, -0.2) is 22.7 Å². The number of carbonyl (C=O) groups is 1. The summed E-state index contributed by atoms with van der Waals surface area (Å²) in [6.45, 7) is 2.13. The summed E-state index contributed by atoms with van der Waals surface area (Å²) in [5, 5.41) is 4.21. The summed E-state index contributed by atoms with van der Waals surface area (Å²) in [7, 11) is 3.42. The molecule has 2 aromatic carbocycles. The molecule has 0 aliphatic rings. The molecule has 1 heterocycles. The number of aryl methyl sites for hydroxylation is 2. The van der Waals surface area contributed by atoms with Crippen molar-refractivity contribution in [1.82, 2.24) is 9.78 Å². The summed E-state index contributed by atoms with van der Waals surface area (Å²) in [6.07, 6.45) is 5.06. The Bertz CT molecular complexity index is 1100. The molecule has 1 aromatic heterocycles. The maximum atomic E-state index is 12.5. The summed E-state index contributed by atoms with van der Waals surface area (Å²) < 4.78 is 15.7. The standard InChI is InChI=1S/C22H19Br3N2O3/c1-13-17(11-27(2)26-13)20(28)6-4-14-5-7-21(29-3)15(8-14)12-30-22-18(24)9-16(23)10-19(22)25/h4-11H,12H2,1-3H3/b6-4+. The van der Waals surface area contributed by atoms with Gasteiger partial charge < -0.3 is 9.47 Å². The van der Waals surface area contributed by atoms with Gasteiger partial charge in [0.1, 0.15) is 18.1 Å². The monoisotopic (exact) mass is 596 g/mol. The topological polar surface area (TPSA) is 53.4 Å². The van der Waals surface area contributed by atoms with E-state index in [-0.39, 0.29) is 5.78 Å². The first-order valence-electron chi connectivity index (χ1n) is 8.95. The van der Waals surface area contributed by atoms with Crippen LogP contribution in [0.3, 0.4) is 0 Å². The highest BCUT2D eigenvalue weighted by atomic mass is 79.9. The Morgan fingerprint density at radius 1 is 1.17 bits per heavy atom. The van der Waals surface area contributed by atoms with Crippen molar-refractivity contribution in [2.24, 2.45) is 7.05 Å². The lowest BCUT2D eigenvalue weighted by Crippen LogP contribution is -2.00. The molecule has 0 amide bonds. The van der Waals surface area contributed by atoms with E-state index in [1.165, 1.54) is 0 Å². The molecule has 3 aromatic rings. The molecule has 30 heavy (non-hydrogen) atoms. The Morgan fingerprint density at radius 2 is 1.87 bits per heavy atom. The molecule has 0 bridgehead atoms. The Morgan fingerprint density at radius 3 is 2.47 bits per heavy atom. The van der Waals surface area contributed by atoms with E-state index in [0.29, 0.717) is 29.4 Å². The third kappa shape index (κ3) is 5.42. The number of allylic oxidation sites excluding steroid dienone is 1. The van der Waals surface area contributed by atoms with Gasteiger partial charge in [0, 0.05) is 23.3 Å². The third-order valence-electron chi connectivity index (χ3n) is 4.35. The molecule has 0 aliphatic heterocycles. The van der Waals surface area contributed by atoms with Gasteiger partial charge in [0.15, 0.2) is 5.78 Å². The Labute approximate surface area is 200 Å². The van der Waals surface area contributed by atoms with Gasteiger partial charge in [0.2, 0.25) is 0 Å². The van der Waals surface area contributed by atoms with Gasteiger partial charge in [-0.05, 0) is 74.7 Å². The van der Waals surface area contributed by atoms with Crippen LogP contribution < -0.4 is 9.47 Å². The summed E-state index contributed by atoms with van der Waals surface area (Å²) >= 11 is 10.5. The molecule has 8 heteroatoms. The van der Waals surface area contributed by atoms with E-state index in [2.05, 4.69) is 52.9 Å². The van der Waals surface area contributed by atoms with Gasteiger partial charge in [-0.1, -0.05) is 28.1 Å². The number of aromatic nitrogens is 2. The zero-order valence-electron chi connectivity index (χ0n) is 16.6. The van der Waals surface area contributed by atoms with E-state index >= 15 is 0 Å². The van der Waals surface area contributed by atoms with Crippen LogP contribution in [0.15, 0.2) is 56.0 Å². The second-order valence-electron chi connectivity index (χ2n) is 6.56. The fourth-order valence-electron chi connectivity index (χ4n) is 2.93. The van der Waals surface area contributed by atoms with Crippen LogP contribution >= 0.6 is 47.8 Å². The van der Waals surface area contributed by atoms with Gasteiger partial charge in [-0.15, -0.1) is 0 Å². The number of hydrogen-bond donors (Lipinski definition) is 0. The zero-order valence-corrected chi connectivity index (χ0v) is 21.3. The SMILES string of the molecule is COc1ccc(/C=C/C(=O)c2cn(C)nc2C)cc1COc1c(Br)cc(Br)cc1Br. The van der Waals surface area contributed by atoms with Crippen LogP contribution in [0.25, 0.3) is 6.08 Å². The van der Waals surface area contributed by atoms with Crippen LogP contribution in [0.5, 0.6) is 11.5 Å². The minimum atomic E-state index is -0.0862. The number of methoxy groups -OCH3 is 1. The van der Waals surface area contributed by atoms with Crippen molar-refractivity contribution < 1.29 is 14.3 Å². The number of ketones is 1. The smallest absolute Gasteiger partial charge is 0.189 e. The van der Waals surface area contributed by atoms with Crippen LogP contribution in [0.1, 0.15) is 27.2 Å². The van der Waals surface area contributed by atoms with E-state index in [9.17, 15) is 4.79 Å². The van der Waals surface area contributed by atoms with E-state index < -0.39 is 0 Å². The maximum Gasteiger partial charge on any atom is 0.189 e. The first-order valence-corrected chi connectivity index (χ1v) is 11.3. The normalized spacial score (nSPS) is 11.1. The van der Waals surface area contributed by atoms with Crippen molar-refractivity contribution in [3.8, 4) is 11.5 Å². The fourth-order valence-corrected chi connectivity index (χ4v) is 5.42. The first kappa shape index (κ1) is 22.8. The molecule has 5 nitrogen and oxygen atoms in total. The number of rotatable bonds is 7. The minimum absolute atomic E-state index is 0.0862. The Balaban J connectivity index is 1.80. The number of hydrogen-bond acceptors (Lipinski definition) is 4. The van der Waals surface area contributed by atoms with Crippen molar-refractivity contribution in [2.45, 2.75) is 13.5 Å². The maximum absolute atomic E-state index is 12.5. The molecule has 3 rings (SSSR count). The second kappa shape index (κ2) is 9.94. The van der Waals surface area contributed by atoms with Gasteiger partial charge in [-0.3, -0.25) is 9.48 Å². The Hall–Kier alpha value is -1.90. The zero-order chi connectivity index (χ0) is 21.8. The number of ether oxygens (including phenoxy) is 2. The van der Waals surface area contributed by atoms with E-state index in [4.69, 9.17) is 9.47 Å². The van der Waals surface area contributed by atoms with Crippen LogP contribution in [0, 0.1) is 6.92 Å². The molecular formula is C22H19Br3N2O3. The number of benzene rings is 2. The number of nitrogens with zero attached hydrogens (tertiary/aromatic N) is 2. The molecule has 0 unspecified atom stereocenters. The van der Waals surface area contributed by atoms with Crippen molar-refractivity contribution in [2.75, 3.05) is 7.11 Å². The van der Waals surface area contributed by atoms with Crippen LogP contribution in [0.2, 0.25) is 0 Å². The third-order valence-corrected chi connectivity index (χ3v) is 5.98. The lowest BCUT2D eigenvalue weighted by Gasteiger charge is -2.14. The van der Waals surface area contributed by atoms with Gasteiger partial charge in [0.25, 0.3) is 0 Å². The molecule has 0 saturated carbocycles. The predicted molar refractivity (Wildman–Crippen MR) is 128 cm³/mol. The molecule has 0 spiro atoms. The van der Waals surface area contributed by atoms with Gasteiger partial charge >= 0.3 is 0 Å². The summed E-state index contributed by atoms with van der Waals surface area (Å²) in [5.74, 6) is 1.33. The van der Waals surface area contributed by atoms with Crippen LogP contribution in [-0.2, 0) is 13.7 Å². The highest BCUT2D eigenvalue weighted by Crippen LogP contribution is 2.37. The van der Waals surface area contributed by atoms with E-state index in [1.54, 1.807) is 37.2 Å². The average molecular weight is 599 g/mol. The first-order chi connectivity index (χ1) is 14.3. The molecular weight excluding hydrogens is 580 g/mol.